The molecule has 1 fully saturated rings. The topological polar surface area (TPSA) is 109 Å². The third kappa shape index (κ3) is 4.21. The van der Waals surface area contributed by atoms with Crippen LogP contribution in [0.25, 0.3) is 5.69 Å². The van der Waals surface area contributed by atoms with Crippen LogP contribution in [0.1, 0.15) is 30.3 Å². The first-order valence-electron chi connectivity index (χ1n) is 10.5. The number of aromatic nitrogens is 3. The molecule has 1 aliphatic heterocycles. The van der Waals surface area contributed by atoms with Crippen LogP contribution in [0, 0.1) is 13.8 Å². The maximum Gasteiger partial charge on any atom is 0.344 e. The number of nitrogens with one attached hydrogen (secondary N) is 2. The molecule has 1 saturated heterocycles. The number of hydrogen-bond acceptors (Lipinski definition) is 6. The third-order valence-electron chi connectivity index (χ3n) is 5.51. The summed E-state index contributed by atoms with van der Waals surface area (Å²) in [7, 11) is 0. The maximum absolute atomic E-state index is 13.1. The van der Waals surface area contributed by atoms with Crippen molar-refractivity contribution in [3.05, 3.63) is 71.5 Å². The Labute approximate surface area is 195 Å². The summed E-state index contributed by atoms with van der Waals surface area (Å²) in [6, 6.07) is 16.2. The first-order chi connectivity index (χ1) is 15.9. The fraction of sp³-hybridized carbons (Fsp3) is 0.261. The number of carbonyl (C=O) groups is 3. The van der Waals surface area contributed by atoms with Gasteiger partial charge in [0.2, 0.25) is 5.91 Å². The van der Waals surface area contributed by atoms with Crippen LogP contribution in [0.15, 0.2) is 59.8 Å². The Hall–Kier alpha value is -3.66. The molecular weight excluding hydrogens is 440 g/mol. The minimum atomic E-state index is -1.21. The number of thioether (sulfide) groups is 1. The van der Waals surface area contributed by atoms with Crippen molar-refractivity contribution in [3.63, 3.8) is 0 Å². The summed E-state index contributed by atoms with van der Waals surface area (Å²) in [5.41, 5.74) is 3.88. The van der Waals surface area contributed by atoms with Crippen molar-refractivity contribution < 1.29 is 14.4 Å². The Morgan fingerprint density at radius 1 is 1.09 bits per heavy atom. The van der Waals surface area contributed by atoms with E-state index >= 15 is 0 Å². The summed E-state index contributed by atoms with van der Waals surface area (Å²) in [5, 5.41) is 12.3. The molecule has 4 amide bonds. The largest absolute Gasteiger partial charge is 0.344 e. The predicted molar refractivity (Wildman–Crippen MR) is 123 cm³/mol. The molecule has 0 spiro atoms. The number of hydrogen-bond donors (Lipinski definition) is 2. The van der Waals surface area contributed by atoms with Crippen LogP contribution in [0.2, 0.25) is 0 Å². The lowest BCUT2D eigenvalue weighted by Gasteiger charge is -2.25. The minimum absolute atomic E-state index is 0.0501. The molecule has 1 aliphatic rings. The molecule has 1 aromatic heterocycles. The molecule has 0 saturated carbocycles. The summed E-state index contributed by atoms with van der Waals surface area (Å²) in [4.78, 5) is 38.4. The highest BCUT2D eigenvalue weighted by Gasteiger charge is 2.52. The molecule has 170 valence electrons. The SMILES string of the molecule is CCC1(c2ccccc2)NC(=O)N(NC(=O)CSc2nnc(C)n2-c2cccc(C)c2)C1=O. The highest BCUT2D eigenvalue weighted by atomic mass is 32.2. The summed E-state index contributed by atoms with van der Waals surface area (Å²) < 4.78 is 1.86. The van der Waals surface area contributed by atoms with Gasteiger partial charge in [-0.05, 0) is 43.5 Å². The molecule has 0 aliphatic carbocycles. The van der Waals surface area contributed by atoms with Crippen molar-refractivity contribution >= 4 is 29.6 Å². The van der Waals surface area contributed by atoms with Crippen molar-refractivity contribution in [2.75, 3.05) is 5.75 Å². The molecule has 10 heteroatoms. The van der Waals surface area contributed by atoms with Gasteiger partial charge in [-0.15, -0.1) is 10.2 Å². The van der Waals surface area contributed by atoms with Gasteiger partial charge in [-0.1, -0.05) is 61.2 Å². The molecule has 3 aromatic rings. The number of urea groups is 1. The second-order valence-electron chi connectivity index (χ2n) is 7.72. The molecule has 0 bridgehead atoms. The van der Waals surface area contributed by atoms with Gasteiger partial charge in [0.15, 0.2) is 5.16 Å². The van der Waals surface area contributed by atoms with Crippen LogP contribution < -0.4 is 10.7 Å². The minimum Gasteiger partial charge on any atom is -0.318 e. The van der Waals surface area contributed by atoms with Crippen molar-refractivity contribution in [2.45, 2.75) is 37.9 Å². The van der Waals surface area contributed by atoms with E-state index in [1.165, 1.54) is 11.8 Å². The van der Waals surface area contributed by atoms with Crippen LogP contribution in [0.3, 0.4) is 0 Å². The number of aryl methyl sites for hydroxylation is 2. The summed E-state index contributed by atoms with van der Waals surface area (Å²) >= 11 is 1.17. The van der Waals surface area contributed by atoms with E-state index < -0.39 is 23.4 Å². The molecule has 4 rings (SSSR count). The monoisotopic (exact) mass is 464 g/mol. The Morgan fingerprint density at radius 3 is 2.55 bits per heavy atom. The Morgan fingerprint density at radius 2 is 1.85 bits per heavy atom. The maximum atomic E-state index is 13.1. The number of benzene rings is 2. The lowest BCUT2D eigenvalue weighted by molar-refractivity contribution is -0.138. The van der Waals surface area contributed by atoms with E-state index in [0.29, 0.717) is 23.0 Å². The van der Waals surface area contributed by atoms with Crippen LogP contribution in [0.4, 0.5) is 4.79 Å². The van der Waals surface area contributed by atoms with Gasteiger partial charge in [-0.3, -0.25) is 19.6 Å². The van der Waals surface area contributed by atoms with Gasteiger partial charge in [0.05, 0.1) is 5.75 Å². The van der Waals surface area contributed by atoms with E-state index in [-0.39, 0.29) is 5.75 Å². The molecule has 9 nitrogen and oxygen atoms in total. The van der Waals surface area contributed by atoms with E-state index in [2.05, 4.69) is 20.9 Å². The van der Waals surface area contributed by atoms with E-state index in [0.717, 1.165) is 16.3 Å². The van der Waals surface area contributed by atoms with E-state index in [4.69, 9.17) is 0 Å². The number of imide groups is 1. The van der Waals surface area contributed by atoms with Crippen LogP contribution in [-0.4, -0.2) is 43.4 Å². The predicted octanol–water partition coefficient (Wildman–Crippen LogP) is 2.86. The zero-order valence-corrected chi connectivity index (χ0v) is 19.3. The average molecular weight is 465 g/mol. The standard InChI is InChI=1S/C23H24N6O3S/c1-4-23(17-10-6-5-7-11-17)20(31)29(21(32)24-23)27-19(30)14-33-22-26-25-16(3)28(22)18-12-8-9-15(2)13-18/h5-13H,4,14H2,1-3H3,(H,24,32)(H,27,30). The summed E-state index contributed by atoms with van der Waals surface area (Å²) in [5.74, 6) is -0.378. The smallest absolute Gasteiger partial charge is 0.318 e. The molecular formula is C23H24N6O3S. The van der Waals surface area contributed by atoms with Gasteiger partial charge in [-0.2, -0.15) is 5.01 Å². The van der Waals surface area contributed by atoms with E-state index in [1.54, 1.807) is 24.3 Å². The number of rotatable bonds is 7. The first kappa shape index (κ1) is 22.5. The van der Waals surface area contributed by atoms with Crippen molar-refractivity contribution in [2.24, 2.45) is 0 Å². The lowest BCUT2D eigenvalue weighted by atomic mass is 9.87. The summed E-state index contributed by atoms with van der Waals surface area (Å²) in [6.45, 7) is 5.64. The van der Waals surface area contributed by atoms with Gasteiger partial charge in [0, 0.05) is 5.69 Å². The number of amides is 4. The van der Waals surface area contributed by atoms with Crippen molar-refractivity contribution in [1.29, 1.82) is 0 Å². The Kier molecular flexibility index (Phi) is 6.19. The first-order valence-corrected chi connectivity index (χ1v) is 11.5. The van der Waals surface area contributed by atoms with Gasteiger partial charge >= 0.3 is 6.03 Å². The molecule has 0 radical (unpaired) electrons. The second-order valence-corrected chi connectivity index (χ2v) is 8.67. The normalized spacial score (nSPS) is 17.8. The number of hydrazine groups is 1. The fourth-order valence-corrected chi connectivity index (χ4v) is 4.62. The molecule has 33 heavy (non-hydrogen) atoms. The fourth-order valence-electron chi connectivity index (χ4n) is 3.83. The third-order valence-corrected chi connectivity index (χ3v) is 6.44. The molecule has 1 unspecified atom stereocenters. The number of nitrogens with zero attached hydrogens (tertiary/aromatic N) is 4. The summed E-state index contributed by atoms with van der Waals surface area (Å²) in [6.07, 6.45) is 0.349. The Bertz CT molecular complexity index is 1210. The molecule has 2 heterocycles. The highest BCUT2D eigenvalue weighted by Crippen LogP contribution is 2.31. The van der Waals surface area contributed by atoms with E-state index in [9.17, 15) is 14.4 Å². The number of carbonyl (C=O) groups excluding carboxylic acids is 3. The van der Waals surface area contributed by atoms with Gasteiger partial charge in [-0.25, -0.2) is 4.79 Å². The van der Waals surface area contributed by atoms with E-state index in [1.807, 2.05) is 55.7 Å². The van der Waals surface area contributed by atoms with Gasteiger partial charge in [0.1, 0.15) is 11.4 Å². The van der Waals surface area contributed by atoms with Gasteiger partial charge < -0.3 is 5.32 Å². The molecule has 2 N–H and O–H groups in total. The lowest BCUT2D eigenvalue weighted by Crippen LogP contribution is -2.49. The molecule has 2 aromatic carbocycles. The zero-order chi connectivity index (χ0) is 23.6. The quantitative estimate of drug-likeness (QED) is 0.411. The average Bonchev–Trinajstić information content (AvgIpc) is 3.30. The van der Waals surface area contributed by atoms with Crippen LogP contribution >= 0.6 is 11.8 Å². The second kappa shape index (κ2) is 9.07. The van der Waals surface area contributed by atoms with Crippen molar-refractivity contribution in [1.82, 2.24) is 30.5 Å². The van der Waals surface area contributed by atoms with Crippen LogP contribution in [-0.2, 0) is 15.1 Å². The van der Waals surface area contributed by atoms with Gasteiger partial charge in [0.25, 0.3) is 5.91 Å². The van der Waals surface area contributed by atoms with Crippen molar-refractivity contribution in [3.8, 4) is 5.69 Å². The molecule has 1 atom stereocenters. The Balaban J connectivity index is 1.46. The highest BCUT2D eigenvalue weighted by molar-refractivity contribution is 7.99. The van der Waals surface area contributed by atoms with Crippen LogP contribution in [0.5, 0.6) is 0 Å². The zero-order valence-electron chi connectivity index (χ0n) is 18.5.